The fraction of sp³-hybridized carbons (Fsp3) is 1.00. The zero-order valence-corrected chi connectivity index (χ0v) is 7.33. The summed E-state index contributed by atoms with van der Waals surface area (Å²) in [5, 5.41) is 9.61. The van der Waals surface area contributed by atoms with Gasteiger partial charge < -0.3 is 10.8 Å². The van der Waals surface area contributed by atoms with E-state index in [4.69, 9.17) is 5.73 Å². The van der Waals surface area contributed by atoms with E-state index in [9.17, 15) is 5.11 Å². The molecule has 2 atom stereocenters. The highest BCUT2D eigenvalue weighted by Gasteiger charge is 2.26. The number of nitrogens with zero attached hydrogens (tertiary/aromatic N) is 1. The van der Waals surface area contributed by atoms with Gasteiger partial charge in [0.2, 0.25) is 0 Å². The second kappa shape index (κ2) is 3.52. The van der Waals surface area contributed by atoms with E-state index >= 15 is 0 Å². The van der Waals surface area contributed by atoms with Crippen molar-refractivity contribution in [2.75, 3.05) is 13.1 Å². The number of hydrogen-bond acceptors (Lipinski definition) is 3. The molecule has 0 spiro atoms. The second-order valence-corrected chi connectivity index (χ2v) is 3.70. The summed E-state index contributed by atoms with van der Waals surface area (Å²) >= 11 is 0. The van der Waals surface area contributed by atoms with Gasteiger partial charge in [0.15, 0.2) is 0 Å². The Morgan fingerprint density at radius 3 is 2.55 bits per heavy atom. The highest BCUT2D eigenvalue weighted by atomic mass is 16.3. The molecule has 1 heterocycles. The molecule has 3 N–H and O–H groups in total. The summed E-state index contributed by atoms with van der Waals surface area (Å²) in [6.45, 7) is 5.84. The van der Waals surface area contributed by atoms with E-state index in [1.54, 1.807) is 0 Å². The lowest BCUT2D eigenvalue weighted by Crippen LogP contribution is -2.38. The zero-order valence-electron chi connectivity index (χ0n) is 7.33. The van der Waals surface area contributed by atoms with Gasteiger partial charge in [-0.1, -0.05) is 13.8 Å². The maximum absolute atomic E-state index is 9.61. The third-order valence-corrected chi connectivity index (χ3v) is 2.23. The summed E-state index contributed by atoms with van der Waals surface area (Å²) in [7, 11) is 0. The molecule has 0 aromatic carbocycles. The van der Waals surface area contributed by atoms with Gasteiger partial charge in [0.05, 0.1) is 0 Å². The summed E-state index contributed by atoms with van der Waals surface area (Å²) in [6, 6.07) is 0.267. The molecule has 0 aromatic heterocycles. The minimum Gasteiger partial charge on any atom is -0.378 e. The molecule has 3 heteroatoms. The second-order valence-electron chi connectivity index (χ2n) is 3.70. The number of rotatable bonds is 2. The van der Waals surface area contributed by atoms with Crippen molar-refractivity contribution in [1.82, 2.24) is 4.90 Å². The molecular formula is C8H18N2O. The number of likely N-dealkylation sites (tertiary alicyclic amines) is 1. The molecule has 1 aliphatic heterocycles. The molecule has 0 amide bonds. The van der Waals surface area contributed by atoms with Crippen molar-refractivity contribution in [2.45, 2.75) is 32.5 Å². The Hall–Kier alpha value is -0.120. The van der Waals surface area contributed by atoms with E-state index in [2.05, 4.69) is 4.90 Å². The highest BCUT2D eigenvalue weighted by Crippen LogP contribution is 2.14. The maximum Gasteiger partial charge on any atom is 0.109 e. The van der Waals surface area contributed by atoms with Crippen LogP contribution in [-0.2, 0) is 0 Å². The Morgan fingerprint density at radius 1 is 1.55 bits per heavy atom. The number of nitrogens with two attached hydrogens (primary N) is 1. The van der Waals surface area contributed by atoms with Crippen molar-refractivity contribution in [3.8, 4) is 0 Å². The molecule has 11 heavy (non-hydrogen) atoms. The minimum atomic E-state index is -0.302. The molecule has 1 fully saturated rings. The average Bonchev–Trinajstić information content (AvgIpc) is 2.34. The third-order valence-electron chi connectivity index (χ3n) is 2.23. The fourth-order valence-electron chi connectivity index (χ4n) is 1.48. The lowest BCUT2D eigenvalue weighted by atomic mass is 10.2. The Morgan fingerprint density at radius 2 is 2.18 bits per heavy atom. The lowest BCUT2D eigenvalue weighted by Gasteiger charge is -2.25. The van der Waals surface area contributed by atoms with Crippen molar-refractivity contribution in [1.29, 1.82) is 0 Å². The number of aliphatic hydroxyl groups is 1. The first-order chi connectivity index (χ1) is 5.11. The van der Waals surface area contributed by atoms with Crippen molar-refractivity contribution in [3.63, 3.8) is 0 Å². The minimum absolute atomic E-state index is 0.267. The predicted octanol–water partition coefficient (Wildman–Crippen LogP) is -0.00620. The highest BCUT2D eigenvalue weighted by molar-refractivity contribution is 4.80. The Kier molecular flexibility index (Phi) is 2.87. The Balaban J connectivity index is 2.36. The van der Waals surface area contributed by atoms with Crippen molar-refractivity contribution >= 4 is 0 Å². The summed E-state index contributed by atoms with van der Waals surface area (Å²) < 4.78 is 0. The van der Waals surface area contributed by atoms with Crippen molar-refractivity contribution in [2.24, 2.45) is 11.7 Å². The molecule has 3 nitrogen and oxygen atoms in total. The molecule has 66 valence electrons. The van der Waals surface area contributed by atoms with E-state index in [0.29, 0.717) is 5.92 Å². The van der Waals surface area contributed by atoms with Crippen LogP contribution in [0.3, 0.4) is 0 Å². The molecule has 1 unspecified atom stereocenters. The van der Waals surface area contributed by atoms with Crippen molar-refractivity contribution < 1.29 is 5.11 Å². The van der Waals surface area contributed by atoms with E-state index < -0.39 is 0 Å². The summed E-state index contributed by atoms with van der Waals surface area (Å²) in [6.07, 6.45) is 0.715. The van der Waals surface area contributed by atoms with Crippen LogP contribution < -0.4 is 5.73 Å². The quantitative estimate of drug-likeness (QED) is 0.594. The van der Waals surface area contributed by atoms with Crippen LogP contribution in [-0.4, -0.2) is 35.4 Å². The van der Waals surface area contributed by atoms with Crippen molar-refractivity contribution in [3.05, 3.63) is 0 Å². The lowest BCUT2D eigenvalue weighted by molar-refractivity contribution is -0.0158. The van der Waals surface area contributed by atoms with Gasteiger partial charge in [-0.15, -0.1) is 0 Å². The first kappa shape index (κ1) is 8.97. The molecule has 1 saturated heterocycles. The largest absolute Gasteiger partial charge is 0.378 e. The molecule has 0 radical (unpaired) electrons. The van der Waals surface area contributed by atoms with Gasteiger partial charge in [-0.3, -0.25) is 4.90 Å². The molecule has 0 aliphatic carbocycles. The topological polar surface area (TPSA) is 49.5 Å². The summed E-state index contributed by atoms with van der Waals surface area (Å²) in [5.41, 5.74) is 5.71. The van der Waals surface area contributed by atoms with Crippen LogP contribution in [0.4, 0.5) is 0 Å². The van der Waals surface area contributed by atoms with Crippen LogP contribution in [0, 0.1) is 5.92 Å². The van der Waals surface area contributed by atoms with Gasteiger partial charge in [-0.05, 0) is 12.3 Å². The smallest absolute Gasteiger partial charge is 0.109 e. The molecule has 0 aromatic rings. The Bertz CT molecular complexity index is 127. The zero-order chi connectivity index (χ0) is 8.43. The monoisotopic (exact) mass is 158 g/mol. The SMILES string of the molecule is CC(C)C(O)N1CC[C@@H](N)C1. The molecule has 0 bridgehead atoms. The Labute approximate surface area is 68.2 Å². The summed E-state index contributed by atoms with van der Waals surface area (Å²) in [5.74, 6) is 0.306. The van der Waals surface area contributed by atoms with E-state index in [1.165, 1.54) is 0 Å². The molecule has 1 rings (SSSR count). The van der Waals surface area contributed by atoms with Gasteiger partial charge >= 0.3 is 0 Å². The van der Waals surface area contributed by atoms with Crippen LogP contribution in [0.2, 0.25) is 0 Å². The van der Waals surface area contributed by atoms with Gasteiger partial charge in [0.25, 0.3) is 0 Å². The van der Waals surface area contributed by atoms with E-state index in [0.717, 1.165) is 19.5 Å². The fourth-order valence-corrected chi connectivity index (χ4v) is 1.48. The van der Waals surface area contributed by atoms with Gasteiger partial charge in [0.1, 0.15) is 6.23 Å². The van der Waals surface area contributed by atoms with E-state index in [1.807, 2.05) is 13.8 Å². The number of aliphatic hydroxyl groups excluding tert-OH is 1. The molecule has 1 aliphatic rings. The first-order valence-electron chi connectivity index (χ1n) is 4.29. The van der Waals surface area contributed by atoms with Crippen LogP contribution >= 0.6 is 0 Å². The van der Waals surface area contributed by atoms with Gasteiger partial charge in [0, 0.05) is 19.1 Å². The number of hydrogen-bond donors (Lipinski definition) is 2. The first-order valence-corrected chi connectivity index (χ1v) is 4.29. The van der Waals surface area contributed by atoms with Gasteiger partial charge in [-0.25, -0.2) is 0 Å². The van der Waals surface area contributed by atoms with Crippen LogP contribution in [0.1, 0.15) is 20.3 Å². The van der Waals surface area contributed by atoms with Gasteiger partial charge in [-0.2, -0.15) is 0 Å². The standard InChI is InChI=1S/C8H18N2O/c1-6(2)8(11)10-4-3-7(9)5-10/h6-8,11H,3-5,9H2,1-2H3/t7-,8?/m1/s1. The van der Waals surface area contributed by atoms with Crippen LogP contribution in [0.15, 0.2) is 0 Å². The average molecular weight is 158 g/mol. The third kappa shape index (κ3) is 2.15. The van der Waals surface area contributed by atoms with E-state index in [-0.39, 0.29) is 12.3 Å². The summed E-state index contributed by atoms with van der Waals surface area (Å²) in [4.78, 5) is 2.05. The van der Waals surface area contributed by atoms with Crippen LogP contribution in [0.25, 0.3) is 0 Å². The predicted molar refractivity (Wildman–Crippen MR) is 45.0 cm³/mol. The maximum atomic E-state index is 9.61. The molecule has 0 saturated carbocycles. The normalized spacial score (nSPS) is 29.7. The van der Waals surface area contributed by atoms with Crippen LogP contribution in [0.5, 0.6) is 0 Å². The molecular weight excluding hydrogens is 140 g/mol.